The summed E-state index contributed by atoms with van der Waals surface area (Å²) in [5.41, 5.74) is 3.25. The van der Waals surface area contributed by atoms with Crippen LogP contribution in [-0.2, 0) is 11.3 Å². The SMILES string of the molecule is CCOC(=O)c1csc(N(C)Cc2scnc2C)n1. The van der Waals surface area contributed by atoms with Gasteiger partial charge in [-0.3, -0.25) is 0 Å². The van der Waals surface area contributed by atoms with Gasteiger partial charge in [-0.05, 0) is 13.8 Å². The number of carbonyl (C=O) groups excluding carboxylic acids is 1. The van der Waals surface area contributed by atoms with E-state index in [1.165, 1.54) is 16.2 Å². The van der Waals surface area contributed by atoms with Gasteiger partial charge in [0.2, 0.25) is 0 Å². The van der Waals surface area contributed by atoms with Crippen LogP contribution >= 0.6 is 22.7 Å². The summed E-state index contributed by atoms with van der Waals surface area (Å²) in [5.74, 6) is -0.368. The van der Waals surface area contributed by atoms with Crippen molar-refractivity contribution < 1.29 is 9.53 Å². The molecule has 0 saturated heterocycles. The van der Waals surface area contributed by atoms with Crippen LogP contribution in [0.4, 0.5) is 5.13 Å². The summed E-state index contributed by atoms with van der Waals surface area (Å²) in [7, 11) is 1.95. The fourth-order valence-electron chi connectivity index (χ4n) is 1.50. The third-order valence-corrected chi connectivity index (χ3v) is 4.40. The quantitative estimate of drug-likeness (QED) is 0.794. The molecule has 0 aromatic carbocycles. The molecule has 2 rings (SSSR count). The Kier molecular flexibility index (Phi) is 4.49. The van der Waals surface area contributed by atoms with E-state index in [0.717, 1.165) is 17.4 Å². The summed E-state index contributed by atoms with van der Waals surface area (Å²) in [6.45, 7) is 4.88. The zero-order valence-corrected chi connectivity index (χ0v) is 12.7. The molecule has 0 aliphatic carbocycles. The molecular formula is C12H15N3O2S2. The van der Waals surface area contributed by atoms with E-state index in [0.29, 0.717) is 12.3 Å². The predicted molar refractivity (Wildman–Crippen MR) is 77.0 cm³/mol. The van der Waals surface area contributed by atoms with Crippen LogP contribution in [0.3, 0.4) is 0 Å². The Hall–Kier alpha value is -1.47. The summed E-state index contributed by atoms with van der Waals surface area (Å²) in [4.78, 5) is 23.3. The van der Waals surface area contributed by atoms with Gasteiger partial charge in [0.25, 0.3) is 0 Å². The van der Waals surface area contributed by atoms with Gasteiger partial charge in [-0.15, -0.1) is 22.7 Å². The van der Waals surface area contributed by atoms with E-state index in [2.05, 4.69) is 9.97 Å². The van der Waals surface area contributed by atoms with Crippen LogP contribution in [0.5, 0.6) is 0 Å². The van der Waals surface area contributed by atoms with Crippen LogP contribution in [0.2, 0.25) is 0 Å². The first-order valence-electron chi connectivity index (χ1n) is 5.84. The van der Waals surface area contributed by atoms with Crippen molar-refractivity contribution in [3.05, 3.63) is 27.2 Å². The number of thiazole rings is 2. The van der Waals surface area contributed by atoms with E-state index in [4.69, 9.17) is 4.74 Å². The van der Waals surface area contributed by atoms with Gasteiger partial charge < -0.3 is 9.64 Å². The predicted octanol–water partition coefficient (Wildman–Crippen LogP) is 2.72. The van der Waals surface area contributed by atoms with Gasteiger partial charge in [-0.2, -0.15) is 0 Å². The molecule has 19 heavy (non-hydrogen) atoms. The van der Waals surface area contributed by atoms with Gasteiger partial charge in [0.1, 0.15) is 0 Å². The molecule has 0 unspecified atom stereocenters. The second-order valence-corrected chi connectivity index (χ2v) is 5.73. The van der Waals surface area contributed by atoms with Crippen molar-refractivity contribution in [2.45, 2.75) is 20.4 Å². The topological polar surface area (TPSA) is 55.3 Å². The number of aryl methyl sites for hydroxylation is 1. The Morgan fingerprint density at radius 3 is 2.89 bits per heavy atom. The average molecular weight is 297 g/mol. The van der Waals surface area contributed by atoms with Crippen molar-refractivity contribution in [3.8, 4) is 0 Å². The van der Waals surface area contributed by atoms with Crippen molar-refractivity contribution in [1.82, 2.24) is 9.97 Å². The van der Waals surface area contributed by atoms with E-state index in [1.807, 2.05) is 24.4 Å². The Labute approximate surface area is 119 Å². The Balaban J connectivity index is 2.06. The highest BCUT2D eigenvalue weighted by Crippen LogP contribution is 2.23. The normalized spacial score (nSPS) is 10.5. The molecule has 0 bridgehead atoms. The molecule has 2 aromatic rings. The van der Waals surface area contributed by atoms with Gasteiger partial charge in [0, 0.05) is 17.3 Å². The van der Waals surface area contributed by atoms with Crippen molar-refractivity contribution >= 4 is 33.8 Å². The van der Waals surface area contributed by atoms with Crippen LogP contribution < -0.4 is 4.90 Å². The van der Waals surface area contributed by atoms with Gasteiger partial charge >= 0.3 is 5.97 Å². The number of carbonyl (C=O) groups is 1. The molecule has 0 spiro atoms. The number of anilines is 1. The zero-order chi connectivity index (χ0) is 13.8. The molecule has 2 heterocycles. The lowest BCUT2D eigenvalue weighted by atomic mass is 10.4. The van der Waals surface area contributed by atoms with Crippen LogP contribution in [0.1, 0.15) is 28.0 Å². The first-order chi connectivity index (χ1) is 9.11. The summed E-state index contributed by atoms with van der Waals surface area (Å²) in [6.07, 6.45) is 0. The number of hydrogen-bond donors (Lipinski definition) is 0. The van der Waals surface area contributed by atoms with Crippen LogP contribution in [0.25, 0.3) is 0 Å². The Morgan fingerprint density at radius 1 is 1.47 bits per heavy atom. The van der Waals surface area contributed by atoms with E-state index >= 15 is 0 Å². The fraction of sp³-hybridized carbons (Fsp3) is 0.417. The summed E-state index contributed by atoms with van der Waals surface area (Å²) in [5, 5.41) is 2.53. The maximum absolute atomic E-state index is 11.5. The highest BCUT2D eigenvalue weighted by atomic mass is 32.1. The molecular weight excluding hydrogens is 282 g/mol. The number of rotatable bonds is 5. The zero-order valence-electron chi connectivity index (χ0n) is 11.0. The molecule has 0 aliphatic rings. The first kappa shape index (κ1) is 14.0. The van der Waals surface area contributed by atoms with Crippen molar-refractivity contribution in [2.24, 2.45) is 0 Å². The maximum Gasteiger partial charge on any atom is 0.357 e. The van der Waals surface area contributed by atoms with E-state index in [9.17, 15) is 4.79 Å². The average Bonchev–Trinajstić information content (AvgIpc) is 2.99. The highest BCUT2D eigenvalue weighted by molar-refractivity contribution is 7.14. The number of hydrogen-bond acceptors (Lipinski definition) is 7. The molecule has 0 atom stereocenters. The maximum atomic E-state index is 11.5. The molecule has 7 heteroatoms. The number of ether oxygens (including phenoxy) is 1. The van der Waals surface area contributed by atoms with E-state index in [1.54, 1.807) is 23.6 Å². The molecule has 0 aliphatic heterocycles. The number of nitrogens with zero attached hydrogens (tertiary/aromatic N) is 3. The molecule has 5 nitrogen and oxygen atoms in total. The third-order valence-electron chi connectivity index (χ3n) is 2.53. The molecule has 102 valence electrons. The van der Waals surface area contributed by atoms with Gasteiger partial charge in [-0.1, -0.05) is 0 Å². The first-order valence-corrected chi connectivity index (χ1v) is 7.60. The van der Waals surface area contributed by atoms with Crippen LogP contribution in [0, 0.1) is 6.92 Å². The molecule has 0 saturated carbocycles. The largest absolute Gasteiger partial charge is 0.461 e. The lowest BCUT2D eigenvalue weighted by Crippen LogP contribution is -2.16. The van der Waals surface area contributed by atoms with Crippen molar-refractivity contribution in [2.75, 3.05) is 18.6 Å². The molecule has 0 radical (unpaired) electrons. The fourth-order valence-corrected chi connectivity index (χ4v) is 3.09. The lowest BCUT2D eigenvalue weighted by molar-refractivity contribution is 0.0520. The van der Waals surface area contributed by atoms with Crippen molar-refractivity contribution in [1.29, 1.82) is 0 Å². The molecule has 0 amide bonds. The smallest absolute Gasteiger partial charge is 0.357 e. The van der Waals surface area contributed by atoms with E-state index < -0.39 is 0 Å². The minimum absolute atomic E-state index is 0.363. The lowest BCUT2D eigenvalue weighted by Gasteiger charge is -2.14. The van der Waals surface area contributed by atoms with Crippen molar-refractivity contribution in [3.63, 3.8) is 0 Å². The summed E-state index contributed by atoms with van der Waals surface area (Å²) >= 11 is 3.06. The molecule has 0 N–H and O–H groups in total. The minimum atomic E-state index is -0.368. The minimum Gasteiger partial charge on any atom is -0.461 e. The second kappa shape index (κ2) is 6.12. The van der Waals surface area contributed by atoms with Gasteiger partial charge in [0.05, 0.1) is 24.4 Å². The van der Waals surface area contributed by atoms with E-state index in [-0.39, 0.29) is 5.97 Å². The van der Waals surface area contributed by atoms with Gasteiger partial charge in [-0.25, -0.2) is 14.8 Å². The number of esters is 1. The standard InChI is InChI=1S/C12H15N3O2S2/c1-4-17-11(16)9-6-18-12(14-9)15(3)5-10-8(2)13-7-19-10/h6-7H,4-5H2,1-3H3. The molecule has 0 fully saturated rings. The summed E-state index contributed by atoms with van der Waals surface area (Å²) < 4.78 is 4.92. The van der Waals surface area contributed by atoms with Crippen LogP contribution in [-0.4, -0.2) is 29.6 Å². The third kappa shape index (κ3) is 3.30. The Bertz CT molecular complexity index is 565. The Morgan fingerprint density at radius 2 is 2.26 bits per heavy atom. The van der Waals surface area contributed by atoms with Crippen LogP contribution in [0.15, 0.2) is 10.9 Å². The van der Waals surface area contributed by atoms with Gasteiger partial charge in [0.15, 0.2) is 10.8 Å². The highest BCUT2D eigenvalue weighted by Gasteiger charge is 2.15. The molecule has 2 aromatic heterocycles. The summed E-state index contributed by atoms with van der Waals surface area (Å²) in [6, 6.07) is 0. The monoisotopic (exact) mass is 297 g/mol. The second-order valence-electron chi connectivity index (χ2n) is 3.95. The number of aromatic nitrogens is 2.